The Kier molecular flexibility index (Phi) is 3.36. The number of piperazine rings is 1. The van der Waals surface area contributed by atoms with Crippen molar-refractivity contribution in [2.45, 2.75) is 39.3 Å². The highest BCUT2D eigenvalue weighted by Gasteiger charge is 2.38. The van der Waals surface area contributed by atoms with E-state index in [-0.39, 0.29) is 11.8 Å². The highest BCUT2D eigenvalue weighted by molar-refractivity contribution is 6.08. The fourth-order valence-corrected chi connectivity index (χ4v) is 2.23. The van der Waals surface area contributed by atoms with Gasteiger partial charge in [-0.25, -0.2) is 0 Å². The minimum Gasteiger partial charge on any atom is -0.343 e. The second-order valence-corrected chi connectivity index (χ2v) is 4.70. The molecule has 1 aromatic carbocycles. The van der Waals surface area contributed by atoms with Gasteiger partial charge < -0.3 is 5.32 Å². The summed E-state index contributed by atoms with van der Waals surface area (Å²) in [6, 6.07) is 6.82. The van der Waals surface area contributed by atoms with Crippen LogP contribution in [-0.2, 0) is 9.59 Å². The molecular weight excluding hydrogens is 228 g/mol. The average Bonchev–Trinajstić information content (AvgIpc) is 2.35. The minimum absolute atomic E-state index is 0.0506. The number of carbonyl (C=O) groups is 2. The van der Waals surface area contributed by atoms with Crippen molar-refractivity contribution in [3.63, 3.8) is 0 Å². The van der Waals surface area contributed by atoms with Gasteiger partial charge in [-0.15, -0.1) is 0 Å². The van der Waals surface area contributed by atoms with E-state index in [1.54, 1.807) is 11.8 Å². The van der Waals surface area contributed by atoms with Gasteiger partial charge in [-0.1, -0.05) is 24.6 Å². The molecule has 0 radical (unpaired) electrons. The van der Waals surface area contributed by atoms with Crippen LogP contribution in [0.25, 0.3) is 0 Å². The van der Waals surface area contributed by atoms with Gasteiger partial charge in [-0.2, -0.15) is 0 Å². The van der Waals surface area contributed by atoms with Gasteiger partial charge in [0.1, 0.15) is 12.1 Å². The number of hydrogen-bond donors (Lipinski definition) is 1. The number of nitrogens with one attached hydrogen (secondary N) is 1. The van der Waals surface area contributed by atoms with Gasteiger partial charge in [0.2, 0.25) is 11.8 Å². The molecule has 1 saturated heterocycles. The summed E-state index contributed by atoms with van der Waals surface area (Å²) < 4.78 is 0. The van der Waals surface area contributed by atoms with Gasteiger partial charge in [0.25, 0.3) is 0 Å². The van der Waals surface area contributed by atoms with Crippen LogP contribution in [0.4, 0.5) is 5.69 Å². The largest absolute Gasteiger partial charge is 0.343 e. The molecule has 0 spiro atoms. The minimum atomic E-state index is -0.457. The maximum absolute atomic E-state index is 12.2. The molecule has 2 atom stereocenters. The van der Waals surface area contributed by atoms with Crippen LogP contribution in [0, 0.1) is 6.92 Å². The highest BCUT2D eigenvalue weighted by atomic mass is 16.2. The lowest BCUT2D eigenvalue weighted by Gasteiger charge is -2.37. The van der Waals surface area contributed by atoms with Crippen molar-refractivity contribution >= 4 is 17.5 Å². The molecule has 1 fully saturated rings. The summed E-state index contributed by atoms with van der Waals surface area (Å²) in [5.41, 5.74) is 1.92. The average molecular weight is 246 g/mol. The zero-order valence-corrected chi connectivity index (χ0v) is 10.9. The predicted molar refractivity (Wildman–Crippen MR) is 70.3 cm³/mol. The van der Waals surface area contributed by atoms with Crippen LogP contribution in [0.2, 0.25) is 0 Å². The number of aryl methyl sites for hydroxylation is 1. The van der Waals surface area contributed by atoms with Crippen LogP contribution in [0.15, 0.2) is 24.3 Å². The topological polar surface area (TPSA) is 49.4 Å². The molecule has 0 saturated carbocycles. The lowest BCUT2D eigenvalue weighted by molar-refractivity contribution is -0.133. The molecule has 4 heteroatoms. The summed E-state index contributed by atoms with van der Waals surface area (Å²) in [6.45, 7) is 5.62. The summed E-state index contributed by atoms with van der Waals surface area (Å²) in [7, 11) is 0. The Morgan fingerprint density at radius 2 is 1.83 bits per heavy atom. The molecular formula is C14H18N2O2. The van der Waals surface area contributed by atoms with Crippen molar-refractivity contribution in [3.05, 3.63) is 29.8 Å². The van der Waals surface area contributed by atoms with Crippen LogP contribution in [-0.4, -0.2) is 23.9 Å². The van der Waals surface area contributed by atoms with Crippen molar-refractivity contribution in [1.82, 2.24) is 5.32 Å². The number of nitrogens with zero attached hydrogens (tertiary/aromatic N) is 1. The molecule has 0 aromatic heterocycles. The van der Waals surface area contributed by atoms with Crippen LogP contribution in [0.3, 0.4) is 0 Å². The molecule has 1 aromatic rings. The summed E-state index contributed by atoms with van der Waals surface area (Å²) in [4.78, 5) is 25.8. The van der Waals surface area contributed by atoms with Gasteiger partial charge in [-0.3, -0.25) is 14.5 Å². The van der Waals surface area contributed by atoms with E-state index >= 15 is 0 Å². The third-order valence-electron chi connectivity index (χ3n) is 3.28. The zero-order valence-electron chi connectivity index (χ0n) is 10.9. The van der Waals surface area contributed by atoms with E-state index in [4.69, 9.17) is 0 Å². The second kappa shape index (κ2) is 4.80. The van der Waals surface area contributed by atoms with Crippen molar-refractivity contribution in [1.29, 1.82) is 0 Å². The summed E-state index contributed by atoms with van der Waals surface area (Å²) in [5.74, 6) is -0.129. The van der Waals surface area contributed by atoms with Gasteiger partial charge in [0.15, 0.2) is 0 Å². The van der Waals surface area contributed by atoms with Crippen molar-refractivity contribution in [2.24, 2.45) is 0 Å². The molecule has 1 heterocycles. The summed E-state index contributed by atoms with van der Waals surface area (Å²) in [6.07, 6.45) is 0.609. The predicted octanol–water partition coefficient (Wildman–Crippen LogP) is 1.62. The fraction of sp³-hybridized carbons (Fsp3) is 0.429. The maximum atomic E-state index is 12.2. The van der Waals surface area contributed by atoms with Crippen LogP contribution in [0.5, 0.6) is 0 Å². The third kappa shape index (κ3) is 2.10. The van der Waals surface area contributed by atoms with Crippen molar-refractivity contribution in [2.75, 3.05) is 4.90 Å². The normalized spacial score (nSPS) is 24.1. The number of hydrogen-bond acceptors (Lipinski definition) is 2. The number of anilines is 1. The number of rotatable bonds is 2. The monoisotopic (exact) mass is 246 g/mol. The van der Waals surface area contributed by atoms with Crippen molar-refractivity contribution < 1.29 is 9.59 Å². The Morgan fingerprint density at radius 1 is 1.22 bits per heavy atom. The number of benzene rings is 1. The lowest BCUT2D eigenvalue weighted by atomic mass is 10.0. The number of carbonyl (C=O) groups excluding carboxylic acids is 2. The molecule has 18 heavy (non-hydrogen) atoms. The van der Waals surface area contributed by atoms with E-state index in [0.29, 0.717) is 6.42 Å². The smallest absolute Gasteiger partial charge is 0.250 e. The van der Waals surface area contributed by atoms with Gasteiger partial charge in [0.05, 0.1) is 0 Å². The van der Waals surface area contributed by atoms with Gasteiger partial charge in [0, 0.05) is 5.69 Å². The SMILES string of the molecule is CCC1C(=O)NC(C)C(=O)N1c1ccc(C)cc1. The first-order valence-corrected chi connectivity index (χ1v) is 6.24. The molecule has 4 nitrogen and oxygen atoms in total. The quantitative estimate of drug-likeness (QED) is 0.862. The standard InChI is InChI=1S/C14H18N2O2/c1-4-12-13(17)15-10(3)14(18)16(12)11-7-5-9(2)6-8-11/h5-8,10,12H,4H2,1-3H3,(H,15,17). The second-order valence-electron chi connectivity index (χ2n) is 4.70. The molecule has 96 valence electrons. The molecule has 2 rings (SSSR count). The first-order chi connectivity index (χ1) is 8.54. The fourth-order valence-electron chi connectivity index (χ4n) is 2.23. The van der Waals surface area contributed by atoms with E-state index < -0.39 is 12.1 Å². The van der Waals surface area contributed by atoms with Crippen LogP contribution < -0.4 is 10.2 Å². The first kappa shape index (κ1) is 12.6. The number of amides is 2. The van der Waals surface area contributed by atoms with E-state index in [1.807, 2.05) is 38.1 Å². The Balaban J connectivity index is 2.39. The highest BCUT2D eigenvalue weighted by Crippen LogP contribution is 2.23. The zero-order chi connectivity index (χ0) is 13.3. The van der Waals surface area contributed by atoms with Crippen LogP contribution >= 0.6 is 0 Å². The first-order valence-electron chi connectivity index (χ1n) is 6.24. The molecule has 2 amide bonds. The Morgan fingerprint density at radius 3 is 2.39 bits per heavy atom. The molecule has 0 bridgehead atoms. The van der Waals surface area contributed by atoms with E-state index in [1.165, 1.54) is 0 Å². The Bertz CT molecular complexity index is 467. The molecule has 0 aliphatic carbocycles. The van der Waals surface area contributed by atoms with Crippen LogP contribution in [0.1, 0.15) is 25.8 Å². The summed E-state index contributed by atoms with van der Waals surface area (Å²) >= 11 is 0. The maximum Gasteiger partial charge on any atom is 0.250 e. The Labute approximate surface area is 107 Å². The van der Waals surface area contributed by atoms with Gasteiger partial charge in [-0.05, 0) is 32.4 Å². The molecule has 1 N–H and O–H groups in total. The molecule has 2 unspecified atom stereocenters. The van der Waals surface area contributed by atoms with E-state index in [0.717, 1.165) is 11.3 Å². The molecule has 1 aliphatic rings. The Hall–Kier alpha value is -1.84. The van der Waals surface area contributed by atoms with Crippen molar-refractivity contribution in [3.8, 4) is 0 Å². The summed E-state index contributed by atoms with van der Waals surface area (Å²) in [5, 5.41) is 2.71. The third-order valence-corrected chi connectivity index (χ3v) is 3.28. The lowest BCUT2D eigenvalue weighted by Crippen LogP contribution is -2.62. The van der Waals surface area contributed by atoms with E-state index in [9.17, 15) is 9.59 Å². The molecule has 1 aliphatic heterocycles. The van der Waals surface area contributed by atoms with E-state index in [2.05, 4.69) is 5.32 Å². The van der Waals surface area contributed by atoms with Gasteiger partial charge >= 0.3 is 0 Å².